The lowest BCUT2D eigenvalue weighted by atomic mass is 9.65. The molecule has 2 fully saturated rings. The van der Waals surface area contributed by atoms with Gasteiger partial charge in [-0.05, 0) is 48.6 Å². The second-order valence-electron chi connectivity index (χ2n) is 6.43. The van der Waals surface area contributed by atoms with Crippen LogP contribution in [0.25, 0.3) is 0 Å². The fraction of sp³-hybridized carbons (Fsp3) is 0.647. The molecule has 1 aromatic carbocycles. The summed E-state index contributed by atoms with van der Waals surface area (Å²) in [5.41, 5.74) is 7.65. The Bertz CT molecular complexity index is 431. The molecule has 4 unspecified atom stereocenters. The van der Waals surface area contributed by atoms with Crippen molar-refractivity contribution in [2.45, 2.75) is 51.0 Å². The summed E-state index contributed by atoms with van der Waals surface area (Å²) >= 11 is 6.30. The smallest absolute Gasteiger partial charge is 0.0453 e. The molecule has 104 valence electrons. The Kier molecular flexibility index (Phi) is 4.14. The monoisotopic (exact) mass is 277 g/mol. The van der Waals surface area contributed by atoms with Crippen LogP contribution >= 0.6 is 11.6 Å². The molecule has 3 rings (SSSR count). The van der Waals surface area contributed by atoms with E-state index < -0.39 is 0 Å². The molecule has 0 heterocycles. The minimum Gasteiger partial charge on any atom is -0.324 e. The zero-order valence-electron chi connectivity index (χ0n) is 11.5. The van der Waals surface area contributed by atoms with Gasteiger partial charge in [-0.3, -0.25) is 0 Å². The molecule has 2 saturated carbocycles. The predicted octanol–water partition coefficient (Wildman–Crippen LogP) is 4.95. The molecule has 19 heavy (non-hydrogen) atoms. The molecule has 0 spiro atoms. The lowest BCUT2D eigenvalue weighted by Crippen LogP contribution is -2.33. The van der Waals surface area contributed by atoms with Gasteiger partial charge in [-0.1, -0.05) is 55.5 Å². The van der Waals surface area contributed by atoms with Gasteiger partial charge in [0.2, 0.25) is 0 Å². The van der Waals surface area contributed by atoms with Crippen LogP contribution in [0.2, 0.25) is 5.02 Å². The fourth-order valence-corrected chi connectivity index (χ4v) is 4.50. The maximum absolute atomic E-state index is 6.51. The van der Waals surface area contributed by atoms with Gasteiger partial charge in [0.15, 0.2) is 0 Å². The molecule has 0 bridgehead atoms. The van der Waals surface area contributed by atoms with Gasteiger partial charge in [0.05, 0.1) is 0 Å². The van der Waals surface area contributed by atoms with Crippen LogP contribution in [0.5, 0.6) is 0 Å². The zero-order valence-corrected chi connectivity index (χ0v) is 12.3. The van der Waals surface area contributed by atoms with Crippen LogP contribution in [0, 0.1) is 17.8 Å². The third-order valence-corrected chi connectivity index (χ3v) is 5.70. The van der Waals surface area contributed by atoms with Gasteiger partial charge in [-0.25, -0.2) is 0 Å². The molecule has 2 aliphatic rings. The molecule has 4 atom stereocenters. The second kappa shape index (κ2) is 5.85. The summed E-state index contributed by atoms with van der Waals surface area (Å²) < 4.78 is 0. The minimum atomic E-state index is 0.122. The van der Waals surface area contributed by atoms with Crippen LogP contribution in [0.4, 0.5) is 0 Å². The Hall–Kier alpha value is -0.530. The predicted molar refractivity (Wildman–Crippen MR) is 81.2 cm³/mol. The average Bonchev–Trinajstić information content (AvgIpc) is 2.46. The van der Waals surface area contributed by atoms with Crippen molar-refractivity contribution >= 4 is 11.6 Å². The van der Waals surface area contributed by atoms with Crippen molar-refractivity contribution < 1.29 is 0 Å². The van der Waals surface area contributed by atoms with Crippen LogP contribution in [-0.2, 0) is 0 Å². The maximum Gasteiger partial charge on any atom is 0.0453 e. The Morgan fingerprint density at radius 1 is 1.00 bits per heavy atom. The number of nitrogens with two attached hydrogens (primary N) is 1. The molecule has 2 heteroatoms. The van der Waals surface area contributed by atoms with E-state index in [1.54, 1.807) is 0 Å². The average molecular weight is 278 g/mol. The summed E-state index contributed by atoms with van der Waals surface area (Å²) in [6, 6.07) is 8.21. The standard InChI is InChI=1S/C17H24ClN/c18-16-8-4-3-7-15(16)17(19)14-10-9-12-5-1-2-6-13(12)11-14/h3-4,7-8,12-14,17H,1-2,5-6,9-11,19H2. The molecule has 2 N–H and O–H groups in total. The van der Waals surface area contributed by atoms with E-state index >= 15 is 0 Å². The highest BCUT2D eigenvalue weighted by molar-refractivity contribution is 6.31. The van der Waals surface area contributed by atoms with Gasteiger partial charge >= 0.3 is 0 Å². The number of hydrogen-bond acceptors (Lipinski definition) is 1. The van der Waals surface area contributed by atoms with Crippen LogP contribution < -0.4 is 5.73 Å². The molecule has 0 saturated heterocycles. The molecule has 0 aliphatic heterocycles. The van der Waals surface area contributed by atoms with Crippen LogP contribution in [0.3, 0.4) is 0 Å². The van der Waals surface area contributed by atoms with Crippen molar-refractivity contribution in [2.75, 3.05) is 0 Å². The van der Waals surface area contributed by atoms with Gasteiger partial charge in [0.1, 0.15) is 0 Å². The quantitative estimate of drug-likeness (QED) is 0.813. The molecular formula is C17H24ClN. The first-order valence-electron chi connectivity index (χ1n) is 7.75. The fourth-order valence-electron chi connectivity index (χ4n) is 4.24. The SMILES string of the molecule is NC(c1ccccc1Cl)C1CCC2CCCCC2C1. The maximum atomic E-state index is 6.51. The summed E-state index contributed by atoms with van der Waals surface area (Å²) in [7, 11) is 0. The van der Waals surface area contributed by atoms with Crippen molar-refractivity contribution in [3.8, 4) is 0 Å². The van der Waals surface area contributed by atoms with Crippen molar-refractivity contribution in [1.82, 2.24) is 0 Å². The Morgan fingerprint density at radius 3 is 2.53 bits per heavy atom. The third kappa shape index (κ3) is 2.83. The highest BCUT2D eigenvalue weighted by Gasteiger charge is 2.35. The first kappa shape index (κ1) is 13.5. The first-order valence-corrected chi connectivity index (χ1v) is 8.13. The highest BCUT2D eigenvalue weighted by atomic mass is 35.5. The van der Waals surface area contributed by atoms with Gasteiger partial charge in [0.25, 0.3) is 0 Å². The summed E-state index contributed by atoms with van der Waals surface area (Å²) in [6.07, 6.45) is 9.74. The van der Waals surface area contributed by atoms with Crippen molar-refractivity contribution in [2.24, 2.45) is 23.5 Å². The van der Waals surface area contributed by atoms with E-state index in [0.717, 1.165) is 22.4 Å². The zero-order chi connectivity index (χ0) is 13.2. The van der Waals surface area contributed by atoms with Crippen LogP contribution in [0.15, 0.2) is 24.3 Å². The van der Waals surface area contributed by atoms with E-state index in [0.29, 0.717) is 5.92 Å². The van der Waals surface area contributed by atoms with E-state index in [9.17, 15) is 0 Å². The number of halogens is 1. The molecule has 0 amide bonds. The number of hydrogen-bond donors (Lipinski definition) is 1. The van der Waals surface area contributed by atoms with Gasteiger partial charge in [-0.2, -0.15) is 0 Å². The van der Waals surface area contributed by atoms with Crippen molar-refractivity contribution in [1.29, 1.82) is 0 Å². The van der Waals surface area contributed by atoms with E-state index in [-0.39, 0.29) is 6.04 Å². The van der Waals surface area contributed by atoms with Crippen LogP contribution in [0.1, 0.15) is 56.6 Å². The highest BCUT2D eigenvalue weighted by Crippen LogP contribution is 2.46. The van der Waals surface area contributed by atoms with E-state index in [4.69, 9.17) is 17.3 Å². The molecule has 0 radical (unpaired) electrons. The normalized spacial score (nSPS) is 32.6. The van der Waals surface area contributed by atoms with E-state index in [1.807, 2.05) is 18.2 Å². The summed E-state index contributed by atoms with van der Waals surface area (Å²) in [5.74, 6) is 2.55. The van der Waals surface area contributed by atoms with E-state index in [2.05, 4.69) is 6.07 Å². The van der Waals surface area contributed by atoms with Gasteiger partial charge in [0, 0.05) is 11.1 Å². The second-order valence-corrected chi connectivity index (χ2v) is 6.83. The van der Waals surface area contributed by atoms with Gasteiger partial charge < -0.3 is 5.73 Å². The number of benzene rings is 1. The topological polar surface area (TPSA) is 26.0 Å². The van der Waals surface area contributed by atoms with Crippen molar-refractivity contribution in [3.63, 3.8) is 0 Å². The number of fused-ring (bicyclic) bond motifs is 1. The van der Waals surface area contributed by atoms with Crippen molar-refractivity contribution in [3.05, 3.63) is 34.9 Å². The Labute approximate surface area is 121 Å². The first-order chi connectivity index (χ1) is 9.25. The third-order valence-electron chi connectivity index (χ3n) is 5.35. The molecule has 1 aromatic rings. The molecule has 1 nitrogen and oxygen atoms in total. The molecule has 0 aromatic heterocycles. The largest absolute Gasteiger partial charge is 0.324 e. The van der Waals surface area contributed by atoms with Gasteiger partial charge in [-0.15, -0.1) is 0 Å². The molecule has 2 aliphatic carbocycles. The summed E-state index contributed by atoms with van der Waals surface area (Å²) in [6.45, 7) is 0. The number of rotatable bonds is 2. The Balaban J connectivity index is 1.71. The minimum absolute atomic E-state index is 0.122. The van der Waals surface area contributed by atoms with E-state index in [1.165, 1.54) is 44.9 Å². The Morgan fingerprint density at radius 2 is 1.74 bits per heavy atom. The summed E-state index contributed by atoms with van der Waals surface area (Å²) in [5, 5.41) is 0.834. The lowest BCUT2D eigenvalue weighted by Gasteiger charge is -2.41. The lowest BCUT2D eigenvalue weighted by molar-refractivity contribution is 0.117. The molecular weight excluding hydrogens is 254 g/mol. The van der Waals surface area contributed by atoms with Crippen LogP contribution in [-0.4, -0.2) is 0 Å². The summed E-state index contributed by atoms with van der Waals surface area (Å²) in [4.78, 5) is 0.